The highest BCUT2D eigenvalue weighted by Gasteiger charge is 2.42. The Kier molecular flexibility index (Phi) is 5.27. The number of likely N-dealkylation sites (tertiary alicyclic amines) is 1. The molecule has 0 spiro atoms. The molecule has 0 bridgehead atoms. The number of urea groups is 1. The summed E-state index contributed by atoms with van der Waals surface area (Å²) in [5, 5.41) is 2.32. The topological polar surface area (TPSA) is 41.6 Å². The summed E-state index contributed by atoms with van der Waals surface area (Å²) in [6.45, 7) is -3.35. The van der Waals surface area contributed by atoms with E-state index in [-0.39, 0.29) is 30.8 Å². The van der Waals surface area contributed by atoms with Gasteiger partial charge in [-0.2, -0.15) is 22.0 Å². The van der Waals surface area contributed by atoms with Crippen LogP contribution < -0.4 is 10.1 Å². The molecule has 0 aromatic heterocycles. The number of hydrogen-bond donors (Lipinski definition) is 1. The third-order valence-electron chi connectivity index (χ3n) is 3.52. The summed E-state index contributed by atoms with van der Waals surface area (Å²) < 4.78 is 67.1. The standard InChI is InChI=1S/C14H15F5N2O2/c15-12(16)23-11-6-2-1-5-10(11)20-13(22)21-7-3-4-9(8-21)14(17,18)19/h1-2,5-6,9,12H,3-4,7-8H2,(H,20,22)/t9-/m1/s1. The Morgan fingerprint density at radius 1 is 1.30 bits per heavy atom. The van der Waals surface area contributed by atoms with Gasteiger partial charge in [-0.3, -0.25) is 0 Å². The molecule has 2 rings (SSSR count). The zero-order chi connectivity index (χ0) is 17.0. The van der Waals surface area contributed by atoms with E-state index in [4.69, 9.17) is 0 Å². The van der Waals surface area contributed by atoms with Crippen LogP contribution in [0.5, 0.6) is 5.75 Å². The molecule has 2 amide bonds. The van der Waals surface area contributed by atoms with E-state index in [2.05, 4.69) is 10.1 Å². The second kappa shape index (κ2) is 7.01. The summed E-state index contributed by atoms with van der Waals surface area (Å²) >= 11 is 0. The summed E-state index contributed by atoms with van der Waals surface area (Å²) in [7, 11) is 0. The molecule has 128 valence electrons. The maximum absolute atomic E-state index is 12.8. The Hall–Kier alpha value is -2.06. The van der Waals surface area contributed by atoms with Gasteiger partial charge in [0.05, 0.1) is 11.6 Å². The van der Waals surface area contributed by atoms with Crippen molar-refractivity contribution in [2.75, 3.05) is 18.4 Å². The first-order valence-electron chi connectivity index (χ1n) is 6.94. The number of ether oxygens (including phenoxy) is 1. The zero-order valence-electron chi connectivity index (χ0n) is 11.9. The molecule has 0 unspecified atom stereocenters. The summed E-state index contributed by atoms with van der Waals surface area (Å²) in [5.41, 5.74) is -0.0214. The van der Waals surface area contributed by atoms with Crippen molar-refractivity contribution in [3.8, 4) is 5.75 Å². The van der Waals surface area contributed by atoms with E-state index >= 15 is 0 Å². The van der Waals surface area contributed by atoms with E-state index in [0.717, 1.165) is 4.90 Å². The minimum Gasteiger partial charge on any atom is -0.433 e. The van der Waals surface area contributed by atoms with Crippen LogP contribution in [0.3, 0.4) is 0 Å². The summed E-state index contributed by atoms with van der Waals surface area (Å²) in [5.74, 6) is -1.82. The average Bonchev–Trinajstić information content (AvgIpc) is 2.48. The Balaban J connectivity index is 2.04. The van der Waals surface area contributed by atoms with Crippen LogP contribution in [-0.4, -0.2) is 36.8 Å². The van der Waals surface area contributed by atoms with Crippen LogP contribution in [0.2, 0.25) is 0 Å². The Morgan fingerprint density at radius 2 is 2.00 bits per heavy atom. The fourth-order valence-electron chi connectivity index (χ4n) is 2.39. The van der Waals surface area contributed by atoms with E-state index in [1.54, 1.807) is 0 Å². The van der Waals surface area contributed by atoms with Crippen LogP contribution in [0.15, 0.2) is 24.3 Å². The van der Waals surface area contributed by atoms with Gasteiger partial charge in [-0.15, -0.1) is 0 Å². The molecule has 1 aliphatic heterocycles. The predicted octanol–water partition coefficient (Wildman–Crippen LogP) is 4.09. The van der Waals surface area contributed by atoms with Gasteiger partial charge >= 0.3 is 18.8 Å². The number of nitrogens with zero attached hydrogens (tertiary/aromatic N) is 1. The van der Waals surface area contributed by atoms with Gasteiger partial charge in [0, 0.05) is 13.1 Å². The molecular weight excluding hydrogens is 323 g/mol. The number of hydrogen-bond acceptors (Lipinski definition) is 2. The van der Waals surface area contributed by atoms with Crippen molar-refractivity contribution < 1.29 is 31.5 Å². The summed E-state index contributed by atoms with van der Waals surface area (Å²) in [4.78, 5) is 13.1. The molecule has 9 heteroatoms. The van der Waals surface area contributed by atoms with Crippen LogP contribution >= 0.6 is 0 Å². The minimum absolute atomic E-state index is 0.0214. The number of amides is 2. The number of alkyl halides is 5. The molecule has 0 aliphatic carbocycles. The molecule has 1 atom stereocenters. The summed E-state index contributed by atoms with van der Waals surface area (Å²) in [6.07, 6.45) is -4.17. The molecule has 1 aliphatic rings. The number of halogens is 5. The van der Waals surface area contributed by atoms with Crippen LogP contribution in [0.4, 0.5) is 32.4 Å². The molecule has 1 N–H and O–H groups in total. The van der Waals surface area contributed by atoms with Crippen molar-refractivity contribution in [2.24, 2.45) is 5.92 Å². The van der Waals surface area contributed by atoms with Crippen molar-refractivity contribution in [2.45, 2.75) is 25.6 Å². The largest absolute Gasteiger partial charge is 0.433 e. The SMILES string of the molecule is O=C(Nc1ccccc1OC(F)F)N1CCC[C@@H](C(F)(F)F)C1. The van der Waals surface area contributed by atoms with E-state index < -0.39 is 31.3 Å². The minimum atomic E-state index is -4.37. The quantitative estimate of drug-likeness (QED) is 0.844. The van der Waals surface area contributed by atoms with E-state index in [0.29, 0.717) is 0 Å². The van der Waals surface area contributed by atoms with Crippen LogP contribution in [0.25, 0.3) is 0 Å². The number of rotatable bonds is 3. The maximum atomic E-state index is 12.8. The highest BCUT2D eigenvalue weighted by atomic mass is 19.4. The third kappa shape index (κ3) is 4.70. The number of carbonyl (C=O) groups is 1. The molecule has 4 nitrogen and oxygen atoms in total. The lowest BCUT2D eigenvalue weighted by atomic mass is 9.98. The third-order valence-corrected chi connectivity index (χ3v) is 3.52. The van der Waals surface area contributed by atoms with E-state index in [1.165, 1.54) is 24.3 Å². The van der Waals surface area contributed by atoms with Gasteiger partial charge in [0.25, 0.3) is 0 Å². The molecule has 1 saturated heterocycles. The van der Waals surface area contributed by atoms with Crippen molar-refractivity contribution in [3.63, 3.8) is 0 Å². The second-order valence-corrected chi connectivity index (χ2v) is 5.13. The molecule has 23 heavy (non-hydrogen) atoms. The Labute approximate surface area is 129 Å². The molecule has 1 aromatic carbocycles. The van der Waals surface area contributed by atoms with E-state index in [9.17, 15) is 26.7 Å². The lowest BCUT2D eigenvalue weighted by molar-refractivity contribution is -0.183. The van der Waals surface area contributed by atoms with Gasteiger partial charge in [-0.05, 0) is 25.0 Å². The normalized spacial score (nSPS) is 18.9. The van der Waals surface area contributed by atoms with Crippen LogP contribution in [-0.2, 0) is 0 Å². The average molecular weight is 338 g/mol. The monoisotopic (exact) mass is 338 g/mol. The first-order chi connectivity index (χ1) is 10.8. The number of carbonyl (C=O) groups excluding carboxylic acids is 1. The lowest BCUT2D eigenvalue weighted by Crippen LogP contribution is -2.46. The van der Waals surface area contributed by atoms with Crippen molar-refractivity contribution in [3.05, 3.63) is 24.3 Å². The van der Waals surface area contributed by atoms with Crippen molar-refractivity contribution in [1.29, 1.82) is 0 Å². The molecule has 0 saturated carbocycles. The van der Waals surface area contributed by atoms with Crippen LogP contribution in [0, 0.1) is 5.92 Å². The molecule has 1 aromatic rings. The first-order valence-corrected chi connectivity index (χ1v) is 6.94. The number of benzene rings is 1. The zero-order valence-corrected chi connectivity index (χ0v) is 11.9. The first kappa shape index (κ1) is 17.3. The Bertz CT molecular complexity index is 550. The number of nitrogens with one attached hydrogen (secondary N) is 1. The predicted molar refractivity (Wildman–Crippen MR) is 72.4 cm³/mol. The fourth-order valence-corrected chi connectivity index (χ4v) is 2.39. The van der Waals surface area contributed by atoms with Gasteiger partial charge in [0.1, 0.15) is 5.75 Å². The van der Waals surface area contributed by atoms with Crippen molar-refractivity contribution in [1.82, 2.24) is 4.90 Å². The lowest BCUT2D eigenvalue weighted by Gasteiger charge is -2.33. The van der Waals surface area contributed by atoms with Crippen LogP contribution in [0.1, 0.15) is 12.8 Å². The van der Waals surface area contributed by atoms with Gasteiger partial charge in [-0.1, -0.05) is 12.1 Å². The van der Waals surface area contributed by atoms with Gasteiger partial charge < -0.3 is 15.0 Å². The number of anilines is 1. The van der Waals surface area contributed by atoms with Gasteiger partial charge in [0.2, 0.25) is 0 Å². The summed E-state index contributed by atoms with van der Waals surface area (Å²) in [6, 6.07) is 4.72. The highest BCUT2D eigenvalue weighted by molar-refractivity contribution is 5.91. The van der Waals surface area contributed by atoms with Gasteiger partial charge in [0.15, 0.2) is 0 Å². The van der Waals surface area contributed by atoms with Crippen molar-refractivity contribution >= 4 is 11.7 Å². The smallest absolute Gasteiger partial charge is 0.393 e. The second-order valence-electron chi connectivity index (χ2n) is 5.13. The fraction of sp³-hybridized carbons (Fsp3) is 0.500. The number of para-hydroxylation sites is 2. The molecule has 1 heterocycles. The molecule has 0 radical (unpaired) electrons. The maximum Gasteiger partial charge on any atom is 0.393 e. The molecular formula is C14H15F5N2O2. The van der Waals surface area contributed by atoms with Gasteiger partial charge in [-0.25, -0.2) is 4.79 Å². The molecule has 1 fully saturated rings. The van der Waals surface area contributed by atoms with E-state index in [1.807, 2.05) is 0 Å². The Morgan fingerprint density at radius 3 is 2.65 bits per heavy atom. The highest BCUT2D eigenvalue weighted by Crippen LogP contribution is 2.33. The number of piperidine rings is 1.